The van der Waals surface area contributed by atoms with Crippen LogP contribution in [0, 0.1) is 0 Å². The van der Waals surface area contributed by atoms with Gasteiger partial charge in [0.05, 0.1) is 19.5 Å². The molecule has 0 saturated carbocycles. The topological polar surface area (TPSA) is 70.6 Å². The summed E-state index contributed by atoms with van der Waals surface area (Å²) in [5, 5.41) is 3.24. The molecule has 1 fully saturated rings. The zero-order valence-corrected chi connectivity index (χ0v) is 16.0. The molecule has 1 N–H and O–H groups in total. The molecule has 1 aromatic heterocycles. The van der Waals surface area contributed by atoms with Gasteiger partial charge in [0.15, 0.2) is 0 Å². The molecule has 1 aliphatic heterocycles. The second-order valence-electron chi connectivity index (χ2n) is 6.54. The van der Waals surface area contributed by atoms with Gasteiger partial charge in [-0.2, -0.15) is 0 Å². The molecule has 27 heavy (non-hydrogen) atoms. The van der Waals surface area contributed by atoms with E-state index in [1.165, 1.54) is 5.56 Å². The monoisotopic (exact) mass is 369 g/mol. The standard InChI is InChI=1S/C20H27N5O2/c1-3-24-9-11-25(12-10-24)20(26)18-14-23-19(15-22-18)21-8-7-16-5-4-6-17(13-16)27-2/h4-6,13-15H,3,7-12H2,1-2H3,(H,21,23). The predicted molar refractivity (Wildman–Crippen MR) is 105 cm³/mol. The first kappa shape index (κ1) is 19.1. The van der Waals surface area contributed by atoms with Crippen LogP contribution in [-0.4, -0.2) is 72.1 Å². The Kier molecular flexibility index (Phi) is 6.59. The lowest BCUT2D eigenvalue weighted by atomic mass is 10.1. The molecular weight excluding hydrogens is 342 g/mol. The maximum atomic E-state index is 12.5. The van der Waals surface area contributed by atoms with Gasteiger partial charge in [0.1, 0.15) is 17.3 Å². The van der Waals surface area contributed by atoms with E-state index < -0.39 is 0 Å². The highest BCUT2D eigenvalue weighted by Crippen LogP contribution is 2.13. The van der Waals surface area contributed by atoms with E-state index >= 15 is 0 Å². The van der Waals surface area contributed by atoms with Crippen molar-refractivity contribution < 1.29 is 9.53 Å². The molecule has 2 heterocycles. The van der Waals surface area contributed by atoms with Crippen molar-refractivity contribution in [2.75, 3.05) is 51.7 Å². The number of carbonyl (C=O) groups excluding carboxylic acids is 1. The van der Waals surface area contributed by atoms with Crippen LogP contribution in [0.25, 0.3) is 0 Å². The Morgan fingerprint density at radius 1 is 1.19 bits per heavy atom. The maximum absolute atomic E-state index is 12.5. The number of nitrogens with one attached hydrogen (secondary N) is 1. The molecule has 7 heteroatoms. The lowest BCUT2D eigenvalue weighted by Crippen LogP contribution is -2.48. The highest BCUT2D eigenvalue weighted by molar-refractivity contribution is 5.92. The number of carbonyl (C=O) groups is 1. The van der Waals surface area contributed by atoms with Crippen molar-refractivity contribution in [3.8, 4) is 5.75 Å². The van der Waals surface area contributed by atoms with Crippen molar-refractivity contribution in [2.24, 2.45) is 0 Å². The first-order chi connectivity index (χ1) is 13.2. The molecule has 0 bridgehead atoms. The van der Waals surface area contributed by atoms with Crippen molar-refractivity contribution in [2.45, 2.75) is 13.3 Å². The number of amides is 1. The van der Waals surface area contributed by atoms with Crippen LogP contribution < -0.4 is 10.1 Å². The smallest absolute Gasteiger partial charge is 0.274 e. The van der Waals surface area contributed by atoms with Gasteiger partial charge in [-0.25, -0.2) is 9.97 Å². The van der Waals surface area contributed by atoms with Gasteiger partial charge in [-0.05, 0) is 30.7 Å². The van der Waals surface area contributed by atoms with Crippen molar-refractivity contribution in [1.29, 1.82) is 0 Å². The predicted octanol–water partition coefficient (Wildman–Crippen LogP) is 1.92. The largest absolute Gasteiger partial charge is 0.497 e. The number of anilines is 1. The molecule has 1 amide bonds. The zero-order valence-electron chi connectivity index (χ0n) is 16.0. The summed E-state index contributed by atoms with van der Waals surface area (Å²) < 4.78 is 5.24. The fraction of sp³-hybridized carbons (Fsp3) is 0.450. The van der Waals surface area contributed by atoms with Gasteiger partial charge in [-0.1, -0.05) is 19.1 Å². The minimum atomic E-state index is -0.0406. The first-order valence-corrected chi connectivity index (χ1v) is 9.40. The Hall–Kier alpha value is -2.67. The van der Waals surface area contributed by atoms with Crippen LogP contribution in [0.5, 0.6) is 5.75 Å². The minimum Gasteiger partial charge on any atom is -0.497 e. The zero-order chi connectivity index (χ0) is 19.1. The van der Waals surface area contributed by atoms with Crippen molar-refractivity contribution in [3.63, 3.8) is 0 Å². The molecule has 1 aliphatic rings. The number of benzene rings is 1. The van der Waals surface area contributed by atoms with Gasteiger partial charge < -0.3 is 19.9 Å². The van der Waals surface area contributed by atoms with Crippen molar-refractivity contribution in [1.82, 2.24) is 19.8 Å². The SMILES string of the molecule is CCN1CCN(C(=O)c2cnc(NCCc3cccc(OC)c3)cn2)CC1. The first-order valence-electron chi connectivity index (χ1n) is 9.40. The van der Waals surface area contributed by atoms with Gasteiger partial charge >= 0.3 is 0 Å². The molecule has 0 spiro atoms. The Morgan fingerprint density at radius 3 is 2.67 bits per heavy atom. The van der Waals surface area contributed by atoms with Gasteiger partial charge in [-0.15, -0.1) is 0 Å². The molecule has 0 radical (unpaired) electrons. The Labute approximate surface area is 160 Å². The van der Waals surface area contributed by atoms with Crippen LogP contribution >= 0.6 is 0 Å². The maximum Gasteiger partial charge on any atom is 0.274 e. The average Bonchev–Trinajstić information content (AvgIpc) is 2.74. The Morgan fingerprint density at radius 2 is 2.00 bits per heavy atom. The summed E-state index contributed by atoms with van der Waals surface area (Å²) in [7, 11) is 1.67. The van der Waals surface area contributed by atoms with E-state index in [1.807, 2.05) is 23.1 Å². The van der Waals surface area contributed by atoms with Crippen LogP contribution in [0.2, 0.25) is 0 Å². The number of piperazine rings is 1. The van der Waals surface area contributed by atoms with Gasteiger partial charge in [0.25, 0.3) is 5.91 Å². The molecule has 1 saturated heterocycles. The number of methoxy groups -OCH3 is 1. The molecule has 0 atom stereocenters. The van der Waals surface area contributed by atoms with Gasteiger partial charge in [0.2, 0.25) is 0 Å². The Bertz CT molecular complexity index is 742. The summed E-state index contributed by atoms with van der Waals surface area (Å²) >= 11 is 0. The van der Waals surface area contributed by atoms with E-state index in [9.17, 15) is 4.79 Å². The van der Waals surface area contributed by atoms with E-state index in [4.69, 9.17) is 4.74 Å². The number of hydrogen-bond donors (Lipinski definition) is 1. The highest BCUT2D eigenvalue weighted by atomic mass is 16.5. The number of hydrogen-bond acceptors (Lipinski definition) is 6. The third kappa shape index (κ3) is 5.17. The van der Waals surface area contributed by atoms with Crippen molar-refractivity contribution >= 4 is 11.7 Å². The number of ether oxygens (including phenoxy) is 1. The molecule has 2 aromatic rings. The van der Waals surface area contributed by atoms with Gasteiger partial charge in [0, 0.05) is 32.7 Å². The summed E-state index contributed by atoms with van der Waals surface area (Å²) in [5.74, 6) is 1.49. The highest BCUT2D eigenvalue weighted by Gasteiger charge is 2.22. The fourth-order valence-corrected chi connectivity index (χ4v) is 3.12. The van der Waals surface area contributed by atoms with E-state index in [2.05, 4.69) is 33.2 Å². The van der Waals surface area contributed by atoms with Crippen molar-refractivity contribution in [3.05, 3.63) is 47.9 Å². The molecule has 0 aliphatic carbocycles. The molecule has 144 valence electrons. The van der Waals surface area contributed by atoms with E-state index in [-0.39, 0.29) is 5.91 Å². The molecule has 7 nitrogen and oxygen atoms in total. The molecular formula is C20H27N5O2. The van der Waals surface area contributed by atoms with Gasteiger partial charge in [-0.3, -0.25) is 4.79 Å². The minimum absolute atomic E-state index is 0.0406. The lowest BCUT2D eigenvalue weighted by molar-refractivity contribution is 0.0637. The number of aromatic nitrogens is 2. The van der Waals surface area contributed by atoms with E-state index in [1.54, 1.807) is 19.5 Å². The normalized spacial score (nSPS) is 14.8. The number of nitrogens with zero attached hydrogens (tertiary/aromatic N) is 4. The fourth-order valence-electron chi connectivity index (χ4n) is 3.12. The quantitative estimate of drug-likeness (QED) is 0.804. The summed E-state index contributed by atoms with van der Waals surface area (Å²) in [4.78, 5) is 25.4. The summed E-state index contributed by atoms with van der Waals surface area (Å²) in [6.07, 6.45) is 4.03. The second-order valence-corrected chi connectivity index (χ2v) is 6.54. The summed E-state index contributed by atoms with van der Waals surface area (Å²) in [6, 6.07) is 8.00. The van der Waals surface area contributed by atoms with Crippen LogP contribution in [-0.2, 0) is 6.42 Å². The summed E-state index contributed by atoms with van der Waals surface area (Å²) in [5.41, 5.74) is 1.59. The van der Waals surface area contributed by atoms with Crippen LogP contribution in [0.4, 0.5) is 5.82 Å². The van der Waals surface area contributed by atoms with E-state index in [0.29, 0.717) is 11.5 Å². The molecule has 3 rings (SSSR count). The lowest BCUT2D eigenvalue weighted by Gasteiger charge is -2.33. The van der Waals surface area contributed by atoms with Crippen LogP contribution in [0.3, 0.4) is 0 Å². The van der Waals surface area contributed by atoms with Crippen LogP contribution in [0.15, 0.2) is 36.7 Å². The third-order valence-electron chi connectivity index (χ3n) is 4.83. The molecule has 1 aromatic carbocycles. The van der Waals surface area contributed by atoms with Crippen LogP contribution in [0.1, 0.15) is 23.0 Å². The summed E-state index contributed by atoms with van der Waals surface area (Å²) in [6.45, 7) is 7.22. The Balaban J connectivity index is 1.49. The number of likely N-dealkylation sites (N-methyl/N-ethyl adjacent to an activating group) is 1. The molecule has 0 unspecified atom stereocenters. The third-order valence-corrected chi connectivity index (χ3v) is 4.83. The second kappa shape index (κ2) is 9.32. The van der Waals surface area contributed by atoms with E-state index in [0.717, 1.165) is 51.4 Å². The average molecular weight is 369 g/mol. The number of rotatable bonds is 7.